The smallest absolute Gasteiger partial charge is 0.153 e. The normalized spacial score (nSPS) is 10.1. The number of hydrogen-bond donors (Lipinski definition) is 0. The van der Waals surface area contributed by atoms with E-state index < -0.39 is 0 Å². The van der Waals surface area contributed by atoms with Gasteiger partial charge < -0.3 is 0 Å². The van der Waals surface area contributed by atoms with Crippen molar-refractivity contribution in [2.75, 3.05) is 0 Å². The molecule has 2 nitrogen and oxygen atoms in total. The molecule has 0 atom stereocenters. The second kappa shape index (κ2) is 3.90. The van der Waals surface area contributed by atoms with Gasteiger partial charge in [0.1, 0.15) is 0 Å². The molecule has 1 heterocycles. The van der Waals surface area contributed by atoms with Crippen LogP contribution in [0.5, 0.6) is 0 Å². The average Bonchev–Trinajstić information content (AvgIpc) is 2.65. The summed E-state index contributed by atoms with van der Waals surface area (Å²) in [4.78, 5) is 10.7. The highest BCUT2D eigenvalue weighted by atomic mass is 35.5. The first-order chi connectivity index (χ1) is 6.81. The Hall–Kier alpha value is -1.19. The molecule has 1 aromatic carbocycles. The summed E-state index contributed by atoms with van der Waals surface area (Å²) in [7, 11) is 0. The van der Waals surface area contributed by atoms with Gasteiger partial charge in [0.15, 0.2) is 6.29 Å². The lowest BCUT2D eigenvalue weighted by atomic mass is 10.1. The minimum absolute atomic E-state index is 0.609. The molecule has 0 unspecified atom stereocenters. The molecule has 0 aliphatic rings. The van der Waals surface area contributed by atoms with Crippen LogP contribution in [0.3, 0.4) is 0 Å². The van der Waals surface area contributed by atoms with Crippen molar-refractivity contribution in [2.45, 2.75) is 0 Å². The quantitative estimate of drug-likeness (QED) is 0.732. The predicted octanol–water partition coefficient (Wildman–Crippen LogP) is 3.28. The van der Waals surface area contributed by atoms with Gasteiger partial charge in [-0.3, -0.25) is 4.79 Å². The van der Waals surface area contributed by atoms with Crippen LogP contribution in [0.1, 0.15) is 10.4 Å². The lowest BCUT2D eigenvalue weighted by Crippen LogP contribution is -1.83. The van der Waals surface area contributed by atoms with E-state index in [9.17, 15) is 4.79 Å². The highest BCUT2D eigenvalue weighted by molar-refractivity contribution is 7.04. The molecule has 0 radical (unpaired) electrons. The Balaban J connectivity index is 2.54. The number of aromatic nitrogens is 1. The second-order valence-electron chi connectivity index (χ2n) is 2.75. The molecule has 0 spiro atoms. The van der Waals surface area contributed by atoms with Crippen LogP contribution in [0.2, 0.25) is 5.02 Å². The zero-order valence-electron chi connectivity index (χ0n) is 7.11. The Morgan fingerprint density at radius 3 is 3.00 bits per heavy atom. The van der Waals surface area contributed by atoms with E-state index in [1.807, 2.05) is 12.1 Å². The van der Waals surface area contributed by atoms with Crippen molar-refractivity contribution in [3.05, 3.63) is 40.2 Å². The summed E-state index contributed by atoms with van der Waals surface area (Å²) in [6, 6.07) is 7.31. The fourth-order valence-electron chi connectivity index (χ4n) is 1.18. The maximum absolute atomic E-state index is 10.7. The standard InChI is InChI=1S/C10H6ClNOS/c11-9-3-1-2-7(4-9)10-8(5-13)6-14-12-10/h1-6H. The molecule has 0 bridgehead atoms. The zero-order chi connectivity index (χ0) is 9.97. The molecule has 70 valence electrons. The summed E-state index contributed by atoms with van der Waals surface area (Å²) >= 11 is 7.11. The zero-order valence-corrected chi connectivity index (χ0v) is 8.68. The van der Waals surface area contributed by atoms with E-state index in [2.05, 4.69) is 4.37 Å². The van der Waals surface area contributed by atoms with Crippen LogP contribution in [0.4, 0.5) is 0 Å². The fourth-order valence-corrected chi connectivity index (χ4v) is 2.02. The Morgan fingerprint density at radius 2 is 2.29 bits per heavy atom. The molecule has 0 aliphatic heterocycles. The summed E-state index contributed by atoms with van der Waals surface area (Å²) in [5.41, 5.74) is 2.19. The topological polar surface area (TPSA) is 30.0 Å². The van der Waals surface area contributed by atoms with Gasteiger partial charge in [-0.2, -0.15) is 4.37 Å². The number of carbonyl (C=O) groups excluding carboxylic acids is 1. The second-order valence-corrected chi connectivity index (χ2v) is 3.81. The average molecular weight is 224 g/mol. The fraction of sp³-hybridized carbons (Fsp3) is 0. The summed E-state index contributed by atoms with van der Waals surface area (Å²) < 4.78 is 4.15. The highest BCUT2D eigenvalue weighted by Crippen LogP contribution is 2.25. The molecule has 0 saturated carbocycles. The number of aldehydes is 1. The number of hydrogen-bond acceptors (Lipinski definition) is 3. The molecule has 0 saturated heterocycles. The van der Waals surface area contributed by atoms with Crippen molar-refractivity contribution in [3.8, 4) is 11.3 Å². The van der Waals surface area contributed by atoms with Crippen LogP contribution in [-0.4, -0.2) is 10.7 Å². The molecule has 0 aliphatic carbocycles. The van der Waals surface area contributed by atoms with Crippen molar-refractivity contribution < 1.29 is 4.79 Å². The van der Waals surface area contributed by atoms with Crippen LogP contribution in [0, 0.1) is 0 Å². The van der Waals surface area contributed by atoms with Crippen LogP contribution in [-0.2, 0) is 0 Å². The van der Waals surface area contributed by atoms with Gasteiger partial charge in [-0.05, 0) is 23.7 Å². The maximum atomic E-state index is 10.7. The van der Waals surface area contributed by atoms with Crippen molar-refractivity contribution in [1.82, 2.24) is 4.37 Å². The molecular formula is C10H6ClNOS. The van der Waals surface area contributed by atoms with Gasteiger partial charge in [-0.15, -0.1) is 0 Å². The Kier molecular flexibility index (Phi) is 2.61. The maximum Gasteiger partial charge on any atom is 0.153 e. The lowest BCUT2D eigenvalue weighted by Gasteiger charge is -1.97. The molecule has 0 fully saturated rings. The molecule has 14 heavy (non-hydrogen) atoms. The predicted molar refractivity (Wildman–Crippen MR) is 57.9 cm³/mol. The van der Waals surface area contributed by atoms with Gasteiger partial charge >= 0.3 is 0 Å². The molecular weight excluding hydrogens is 218 g/mol. The first kappa shape index (κ1) is 9.37. The molecule has 4 heteroatoms. The number of carbonyl (C=O) groups is 1. The van der Waals surface area contributed by atoms with E-state index >= 15 is 0 Å². The lowest BCUT2D eigenvalue weighted by molar-refractivity contribution is 0.112. The molecule has 2 rings (SSSR count). The van der Waals surface area contributed by atoms with E-state index in [0.717, 1.165) is 11.8 Å². The Labute approximate surface area is 90.3 Å². The van der Waals surface area contributed by atoms with E-state index in [1.165, 1.54) is 11.5 Å². The summed E-state index contributed by atoms with van der Waals surface area (Å²) in [5, 5.41) is 2.37. The third-order valence-corrected chi connectivity index (χ3v) is 2.70. The summed E-state index contributed by atoms with van der Waals surface area (Å²) in [6.07, 6.45) is 0.805. The van der Waals surface area contributed by atoms with E-state index in [1.54, 1.807) is 17.5 Å². The van der Waals surface area contributed by atoms with Gasteiger partial charge in [-0.1, -0.05) is 23.7 Å². The number of benzene rings is 1. The van der Waals surface area contributed by atoms with Gasteiger partial charge in [0.25, 0.3) is 0 Å². The van der Waals surface area contributed by atoms with Crippen molar-refractivity contribution in [3.63, 3.8) is 0 Å². The minimum Gasteiger partial charge on any atom is -0.298 e. The minimum atomic E-state index is 0.609. The monoisotopic (exact) mass is 223 g/mol. The van der Waals surface area contributed by atoms with Gasteiger partial charge in [0, 0.05) is 16.0 Å². The molecule has 0 amide bonds. The largest absolute Gasteiger partial charge is 0.298 e. The van der Waals surface area contributed by atoms with Crippen LogP contribution in [0.15, 0.2) is 29.6 Å². The van der Waals surface area contributed by atoms with Gasteiger partial charge in [0.2, 0.25) is 0 Å². The van der Waals surface area contributed by atoms with Gasteiger partial charge in [-0.25, -0.2) is 0 Å². The summed E-state index contributed by atoms with van der Waals surface area (Å²) in [6.45, 7) is 0. The third kappa shape index (κ3) is 1.69. The number of rotatable bonds is 2. The van der Waals surface area contributed by atoms with Crippen LogP contribution >= 0.6 is 23.1 Å². The van der Waals surface area contributed by atoms with Crippen molar-refractivity contribution in [1.29, 1.82) is 0 Å². The van der Waals surface area contributed by atoms with Crippen LogP contribution < -0.4 is 0 Å². The van der Waals surface area contributed by atoms with Crippen molar-refractivity contribution in [2.24, 2.45) is 0 Å². The molecule has 0 N–H and O–H groups in total. The number of halogens is 1. The van der Waals surface area contributed by atoms with Crippen molar-refractivity contribution >= 4 is 29.4 Å². The van der Waals surface area contributed by atoms with E-state index in [-0.39, 0.29) is 0 Å². The number of nitrogens with zero attached hydrogens (tertiary/aromatic N) is 1. The molecule has 1 aromatic heterocycles. The van der Waals surface area contributed by atoms with E-state index in [4.69, 9.17) is 11.6 Å². The highest BCUT2D eigenvalue weighted by Gasteiger charge is 2.07. The molecule has 2 aromatic rings. The van der Waals surface area contributed by atoms with E-state index in [0.29, 0.717) is 16.3 Å². The first-order valence-corrected chi connectivity index (χ1v) is 5.18. The van der Waals surface area contributed by atoms with Gasteiger partial charge in [0.05, 0.1) is 11.3 Å². The Bertz CT molecular complexity index is 467. The SMILES string of the molecule is O=Cc1csnc1-c1cccc(Cl)c1. The Morgan fingerprint density at radius 1 is 1.43 bits per heavy atom. The van der Waals surface area contributed by atoms with Crippen LogP contribution in [0.25, 0.3) is 11.3 Å². The summed E-state index contributed by atoms with van der Waals surface area (Å²) in [5.74, 6) is 0. The third-order valence-electron chi connectivity index (χ3n) is 1.82. The first-order valence-electron chi connectivity index (χ1n) is 3.97.